The summed E-state index contributed by atoms with van der Waals surface area (Å²) in [6.45, 7) is 3.16. The van der Waals surface area contributed by atoms with Crippen molar-refractivity contribution in [3.63, 3.8) is 0 Å². The van der Waals surface area contributed by atoms with Crippen molar-refractivity contribution in [3.8, 4) is 0 Å². The first kappa shape index (κ1) is 11.9. The van der Waals surface area contributed by atoms with Crippen LogP contribution in [0.4, 0.5) is 5.13 Å². The van der Waals surface area contributed by atoms with Gasteiger partial charge in [-0.1, -0.05) is 23.5 Å². The lowest BCUT2D eigenvalue weighted by Gasteiger charge is -1.97. The Bertz CT molecular complexity index is 758. The zero-order chi connectivity index (χ0) is 13.2. The van der Waals surface area contributed by atoms with Gasteiger partial charge in [0, 0.05) is 6.54 Å². The fourth-order valence-corrected chi connectivity index (χ4v) is 2.64. The topological polar surface area (TPSA) is 73.0 Å². The lowest BCUT2D eigenvalue weighted by Crippen LogP contribution is -2.14. The predicted octanol–water partition coefficient (Wildman–Crippen LogP) is 1.93. The molecule has 19 heavy (non-hydrogen) atoms. The SMILES string of the molecule is CCNc1nnc(Cn2c(=O)oc3ccccc32)s1. The molecule has 0 fully saturated rings. The van der Waals surface area contributed by atoms with E-state index in [2.05, 4.69) is 15.5 Å². The molecule has 0 spiro atoms. The average molecular weight is 276 g/mol. The molecule has 0 amide bonds. The monoisotopic (exact) mass is 276 g/mol. The number of nitrogens with one attached hydrogen (secondary N) is 1. The highest BCUT2D eigenvalue weighted by Crippen LogP contribution is 2.18. The van der Waals surface area contributed by atoms with E-state index >= 15 is 0 Å². The summed E-state index contributed by atoms with van der Waals surface area (Å²) in [6, 6.07) is 7.34. The largest absolute Gasteiger partial charge is 0.420 e. The Kier molecular flexibility index (Phi) is 3.04. The predicted molar refractivity (Wildman–Crippen MR) is 73.6 cm³/mol. The van der Waals surface area contributed by atoms with Crippen LogP contribution in [-0.4, -0.2) is 21.3 Å². The number of fused-ring (bicyclic) bond motifs is 1. The molecule has 0 atom stereocenters. The van der Waals surface area contributed by atoms with Crippen molar-refractivity contribution in [2.24, 2.45) is 0 Å². The third-order valence-electron chi connectivity index (χ3n) is 2.66. The van der Waals surface area contributed by atoms with Crippen molar-refractivity contribution < 1.29 is 4.42 Å². The number of nitrogens with zero attached hydrogens (tertiary/aromatic N) is 3. The van der Waals surface area contributed by atoms with Gasteiger partial charge in [-0.25, -0.2) is 4.79 Å². The first-order chi connectivity index (χ1) is 9.28. The first-order valence-corrected chi connectivity index (χ1v) is 6.74. The number of anilines is 1. The van der Waals surface area contributed by atoms with Crippen molar-refractivity contribution in [2.75, 3.05) is 11.9 Å². The van der Waals surface area contributed by atoms with E-state index in [1.165, 1.54) is 11.3 Å². The van der Waals surface area contributed by atoms with Gasteiger partial charge < -0.3 is 9.73 Å². The summed E-state index contributed by atoms with van der Waals surface area (Å²) in [5.41, 5.74) is 1.36. The Morgan fingerprint density at radius 2 is 2.21 bits per heavy atom. The number of benzene rings is 1. The zero-order valence-corrected chi connectivity index (χ0v) is 11.1. The van der Waals surface area contributed by atoms with E-state index in [4.69, 9.17) is 4.42 Å². The second kappa shape index (κ2) is 4.85. The van der Waals surface area contributed by atoms with E-state index in [0.29, 0.717) is 12.1 Å². The summed E-state index contributed by atoms with van der Waals surface area (Å²) in [5, 5.41) is 12.7. The van der Waals surface area contributed by atoms with E-state index < -0.39 is 0 Å². The van der Waals surface area contributed by atoms with E-state index in [9.17, 15) is 4.79 Å². The molecule has 0 aliphatic rings. The van der Waals surface area contributed by atoms with Crippen LogP contribution in [-0.2, 0) is 6.54 Å². The van der Waals surface area contributed by atoms with Crippen LogP contribution in [0.25, 0.3) is 11.1 Å². The number of aromatic nitrogens is 3. The molecule has 0 saturated carbocycles. The minimum Gasteiger partial charge on any atom is -0.408 e. The van der Waals surface area contributed by atoms with Crippen LogP contribution >= 0.6 is 11.3 Å². The van der Waals surface area contributed by atoms with Gasteiger partial charge in [-0.05, 0) is 19.1 Å². The summed E-state index contributed by atoms with van der Waals surface area (Å²) in [7, 11) is 0. The third kappa shape index (κ3) is 2.24. The van der Waals surface area contributed by atoms with Crippen molar-refractivity contribution in [1.29, 1.82) is 0 Å². The summed E-state index contributed by atoms with van der Waals surface area (Å²) in [6.07, 6.45) is 0. The van der Waals surface area contributed by atoms with Crippen LogP contribution in [0.3, 0.4) is 0 Å². The molecule has 0 aliphatic heterocycles. The maximum absolute atomic E-state index is 11.8. The fraction of sp³-hybridized carbons (Fsp3) is 0.250. The molecular formula is C12H12N4O2S. The highest BCUT2D eigenvalue weighted by Gasteiger charge is 2.11. The molecule has 2 heterocycles. The Labute approximate surface area is 112 Å². The van der Waals surface area contributed by atoms with Gasteiger partial charge in [0.2, 0.25) is 5.13 Å². The highest BCUT2D eigenvalue weighted by molar-refractivity contribution is 7.15. The van der Waals surface area contributed by atoms with Gasteiger partial charge in [0.05, 0.1) is 12.1 Å². The lowest BCUT2D eigenvalue weighted by atomic mass is 10.3. The lowest BCUT2D eigenvalue weighted by molar-refractivity contribution is 0.517. The quantitative estimate of drug-likeness (QED) is 0.788. The molecular weight excluding hydrogens is 264 g/mol. The molecule has 2 aromatic heterocycles. The zero-order valence-electron chi connectivity index (χ0n) is 10.3. The van der Waals surface area contributed by atoms with Gasteiger partial charge in [0.1, 0.15) is 5.01 Å². The van der Waals surface area contributed by atoms with Crippen molar-refractivity contribution in [2.45, 2.75) is 13.5 Å². The molecule has 1 aromatic carbocycles. The summed E-state index contributed by atoms with van der Waals surface area (Å²) >= 11 is 1.44. The molecule has 3 rings (SSSR count). The molecule has 0 saturated heterocycles. The van der Waals surface area contributed by atoms with Crippen LogP contribution in [0, 0.1) is 0 Å². The molecule has 3 aromatic rings. The Morgan fingerprint density at radius 3 is 3.05 bits per heavy atom. The maximum Gasteiger partial charge on any atom is 0.420 e. The second-order valence-corrected chi connectivity index (χ2v) is 5.02. The van der Waals surface area contributed by atoms with Crippen molar-refractivity contribution >= 4 is 27.6 Å². The van der Waals surface area contributed by atoms with Crippen LogP contribution < -0.4 is 11.1 Å². The minimum atomic E-state index is -0.374. The maximum atomic E-state index is 11.8. The van der Waals surface area contributed by atoms with Gasteiger partial charge in [-0.2, -0.15) is 0 Å². The van der Waals surface area contributed by atoms with Gasteiger partial charge in [0.15, 0.2) is 5.58 Å². The number of oxazole rings is 1. The normalized spacial score (nSPS) is 11.0. The van der Waals surface area contributed by atoms with Gasteiger partial charge >= 0.3 is 5.76 Å². The van der Waals surface area contributed by atoms with Crippen molar-refractivity contribution in [3.05, 3.63) is 39.8 Å². The molecule has 98 valence electrons. The number of rotatable bonds is 4. The Balaban J connectivity index is 1.96. The minimum absolute atomic E-state index is 0.374. The molecule has 0 radical (unpaired) electrons. The van der Waals surface area contributed by atoms with E-state index in [-0.39, 0.29) is 5.76 Å². The highest BCUT2D eigenvalue weighted by atomic mass is 32.1. The van der Waals surface area contributed by atoms with Gasteiger partial charge in [0.25, 0.3) is 0 Å². The van der Waals surface area contributed by atoms with Crippen LogP contribution in [0.2, 0.25) is 0 Å². The standard InChI is InChI=1S/C12H12N4O2S/c1-2-13-11-15-14-10(19-11)7-16-8-5-3-4-6-9(8)18-12(16)17/h3-6H,2,7H2,1H3,(H,13,15). The van der Waals surface area contributed by atoms with E-state index in [1.54, 1.807) is 10.6 Å². The molecule has 1 N–H and O–H groups in total. The Hall–Kier alpha value is -2.15. The van der Waals surface area contributed by atoms with E-state index in [1.807, 2.05) is 25.1 Å². The van der Waals surface area contributed by atoms with Gasteiger partial charge in [-0.3, -0.25) is 4.57 Å². The number of para-hydroxylation sites is 2. The summed E-state index contributed by atoms with van der Waals surface area (Å²) in [5.74, 6) is -0.374. The number of hydrogen-bond donors (Lipinski definition) is 1. The van der Waals surface area contributed by atoms with Gasteiger partial charge in [-0.15, -0.1) is 10.2 Å². The third-order valence-corrected chi connectivity index (χ3v) is 3.53. The first-order valence-electron chi connectivity index (χ1n) is 5.92. The molecule has 0 bridgehead atoms. The average Bonchev–Trinajstić information content (AvgIpc) is 2.96. The molecule has 6 nitrogen and oxygen atoms in total. The van der Waals surface area contributed by atoms with Crippen LogP contribution in [0.5, 0.6) is 0 Å². The molecule has 0 aliphatic carbocycles. The summed E-state index contributed by atoms with van der Waals surface area (Å²) < 4.78 is 6.73. The van der Waals surface area contributed by atoms with Crippen LogP contribution in [0.15, 0.2) is 33.5 Å². The molecule has 0 unspecified atom stereocenters. The number of hydrogen-bond acceptors (Lipinski definition) is 6. The van der Waals surface area contributed by atoms with E-state index in [0.717, 1.165) is 22.2 Å². The second-order valence-electron chi connectivity index (χ2n) is 3.95. The summed E-state index contributed by atoms with van der Waals surface area (Å²) in [4.78, 5) is 11.8. The smallest absolute Gasteiger partial charge is 0.408 e. The Morgan fingerprint density at radius 1 is 1.37 bits per heavy atom. The molecule has 7 heteroatoms. The van der Waals surface area contributed by atoms with Crippen LogP contribution in [0.1, 0.15) is 11.9 Å². The fourth-order valence-electron chi connectivity index (χ4n) is 1.84. The van der Waals surface area contributed by atoms with Crippen molar-refractivity contribution in [1.82, 2.24) is 14.8 Å².